The van der Waals surface area contributed by atoms with E-state index in [-0.39, 0.29) is 11.2 Å². The summed E-state index contributed by atoms with van der Waals surface area (Å²) in [5.74, 6) is -0.909. The first-order chi connectivity index (χ1) is 42.4. The first-order valence-corrected chi connectivity index (χ1v) is 28.4. The monoisotopic (exact) mass is 1110 g/mol. The Hall–Kier alpha value is -11.8. The summed E-state index contributed by atoms with van der Waals surface area (Å²) in [7, 11) is 0. The molecule has 402 valence electrons. The van der Waals surface area contributed by atoms with E-state index in [4.69, 9.17) is 8.83 Å². The molecule has 0 fully saturated rings. The number of rotatable bonds is 7. The van der Waals surface area contributed by atoms with Crippen LogP contribution in [0.1, 0.15) is 33.4 Å². The van der Waals surface area contributed by atoms with Crippen molar-refractivity contribution in [2.45, 2.75) is 5.41 Å². The average Bonchev–Trinajstić information content (AvgIpc) is 1.47. The highest BCUT2D eigenvalue weighted by molar-refractivity contribution is 6.21. The molecule has 3 heterocycles. The molecule has 1 spiro atoms. The summed E-state index contributed by atoms with van der Waals surface area (Å²) in [6.45, 7) is 0. The molecular formula is C77H43F2N5O2. The maximum absolute atomic E-state index is 15.9. The van der Waals surface area contributed by atoms with Gasteiger partial charge in [0.15, 0.2) is 34.0 Å². The fraction of sp³-hybridized carbons (Fsp3) is 0.0130. The fourth-order valence-corrected chi connectivity index (χ4v) is 14.1. The summed E-state index contributed by atoms with van der Waals surface area (Å²) >= 11 is 0. The third-order valence-electron chi connectivity index (χ3n) is 17.6. The molecule has 0 radical (unpaired) electrons. The van der Waals surface area contributed by atoms with Crippen LogP contribution in [-0.2, 0) is 5.41 Å². The van der Waals surface area contributed by atoms with Crippen molar-refractivity contribution in [1.29, 1.82) is 10.5 Å². The van der Waals surface area contributed by atoms with Crippen LogP contribution in [0.2, 0.25) is 0 Å². The summed E-state index contributed by atoms with van der Waals surface area (Å²) in [5.41, 5.74) is 15.1. The maximum Gasteiger partial charge on any atom is 0.171 e. The molecule has 9 heteroatoms. The van der Waals surface area contributed by atoms with Gasteiger partial charge >= 0.3 is 0 Å². The minimum absolute atomic E-state index is 0.169. The molecule has 0 bridgehead atoms. The van der Waals surface area contributed by atoms with Crippen molar-refractivity contribution in [3.8, 4) is 23.3 Å². The van der Waals surface area contributed by atoms with E-state index < -0.39 is 17.0 Å². The van der Waals surface area contributed by atoms with Crippen LogP contribution in [0.4, 0.5) is 60.0 Å². The Morgan fingerprint density at radius 1 is 0.337 bits per heavy atom. The number of halogens is 2. The highest BCUT2D eigenvalue weighted by atomic mass is 19.1. The second kappa shape index (κ2) is 18.6. The minimum atomic E-state index is -1.07. The fourth-order valence-electron chi connectivity index (χ4n) is 14.1. The van der Waals surface area contributed by atoms with E-state index in [0.29, 0.717) is 44.4 Å². The molecule has 1 aliphatic heterocycles. The molecule has 13 aromatic carbocycles. The predicted molar refractivity (Wildman–Crippen MR) is 340 cm³/mol. The predicted octanol–water partition coefficient (Wildman–Crippen LogP) is 20.9. The van der Waals surface area contributed by atoms with Crippen LogP contribution in [0.3, 0.4) is 0 Å². The third kappa shape index (κ3) is 6.79. The second-order valence-corrected chi connectivity index (χ2v) is 21.9. The van der Waals surface area contributed by atoms with Gasteiger partial charge in [0.05, 0.1) is 62.8 Å². The largest absolute Gasteiger partial charge is 0.451 e. The van der Waals surface area contributed by atoms with Crippen molar-refractivity contribution in [2.75, 3.05) is 14.7 Å². The van der Waals surface area contributed by atoms with Crippen molar-refractivity contribution in [1.82, 2.24) is 0 Å². The van der Waals surface area contributed by atoms with Crippen LogP contribution in [-0.4, -0.2) is 0 Å². The lowest BCUT2D eigenvalue weighted by Crippen LogP contribution is -2.36. The van der Waals surface area contributed by atoms with Crippen molar-refractivity contribution in [3.05, 3.63) is 306 Å². The number of benzene rings is 13. The molecule has 2 aliphatic rings. The number of para-hydroxylation sites is 7. The van der Waals surface area contributed by atoms with Crippen LogP contribution < -0.4 is 14.7 Å². The standard InChI is InChI=1S/C77H43F2N5O2/c78-63-28-12-22-55-57-24-14-32-67(75(57)85-73(55)63)83(49-38-34-46(44-80)35-39-49)69-42-61-71(53-20-6-4-18-51(53)69)72-54-21-7-5-19-52(54)70(84(50-40-36-47(45-81)37-41-50)68-33-15-25-58-56-23-13-29-64(79)74(56)86-76(58)68)43-62(72)77(61)59-26-8-10-30-65(59)82(48-16-2-1-3-17-48)66-31-11-9-27-60(66)77/h1-43H. The van der Waals surface area contributed by atoms with Crippen molar-refractivity contribution < 1.29 is 17.6 Å². The Morgan fingerprint density at radius 2 is 0.709 bits per heavy atom. The smallest absolute Gasteiger partial charge is 0.171 e. The molecule has 17 rings (SSSR count). The summed E-state index contributed by atoms with van der Waals surface area (Å²) in [4.78, 5) is 6.77. The number of hydrogen-bond donors (Lipinski definition) is 0. The normalized spacial score (nSPS) is 12.8. The number of nitrogens with zero attached hydrogens (tertiary/aromatic N) is 5. The van der Waals surface area contributed by atoms with Gasteiger partial charge in [-0.25, -0.2) is 8.78 Å². The molecule has 0 unspecified atom stereocenters. The lowest BCUT2D eigenvalue weighted by Gasteiger charge is -2.45. The van der Waals surface area contributed by atoms with E-state index in [1.165, 1.54) is 12.1 Å². The molecule has 0 saturated carbocycles. The van der Waals surface area contributed by atoms with Crippen LogP contribution in [0.15, 0.2) is 270 Å². The summed E-state index contributed by atoms with van der Waals surface area (Å²) in [6, 6.07) is 91.6. The second-order valence-electron chi connectivity index (χ2n) is 21.9. The Morgan fingerprint density at radius 3 is 1.15 bits per heavy atom. The van der Waals surface area contributed by atoms with E-state index in [9.17, 15) is 10.5 Å². The lowest BCUT2D eigenvalue weighted by molar-refractivity contribution is 0.584. The van der Waals surface area contributed by atoms with Gasteiger partial charge in [0.1, 0.15) is 0 Å². The molecule has 0 atom stereocenters. The molecule has 15 aromatic rings. The van der Waals surface area contributed by atoms with E-state index in [2.05, 4.69) is 160 Å². The van der Waals surface area contributed by atoms with Gasteiger partial charge in [-0.05, 0) is 153 Å². The quantitative estimate of drug-likeness (QED) is 0.157. The first-order valence-electron chi connectivity index (χ1n) is 28.4. The summed E-state index contributed by atoms with van der Waals surface area (Å²) in [6.07, 6.45) is 0. The van der Waals surface area contributed by atoms with E-state index >= 15 is 8.78 Å². The van der Waals surface area contributed by atoms with Crippen LogP contribution in [0, 0.1) is 34.3 Å². The summed E-state index contributed by atoms with van der Waals surface area (Å²) < 4.78 is 45.2. The number of fused-ring (bicyclic) bond motifs is 19. The molecule has 0 N–H and O–H groups in total. The SMILES string of the molecule is N#Cc1ccc(N(c2cc3c(c4ccccc24)-c2c(cc(N(c4ccc(C#N)cc4)c4cccc5c4oc4c(F)cccc45)c4ccccc24)C32c3ccccc3N(c3ccccc3)c3ccccc32)c2cccc3c2oc2c(F)cccc23)cc1. The van der Waals surface area contributed by atoms with Crippen LogP contribution >= 0.6 is 0 Å². The number of anilines is 9. The number of hydrogen-bond acceptors (Lipinski definition) is 7. The molecule has 7 nitrogen and oxygen atoms in total. The van der Waals surface area contributed by atoms with Gasteiger partial charge in [-0.2, -0.15) is 10.5 Å². The Bertz CT molecular complexity index is 5130. The summed E-state index contributed by atoms with van der Waals surface area (Å²) in [5, 5.41) is 27.1. The van der Waals surface area contributed by atoms with Gasteiger partial charge < -0.3 is 23.5 Å². The van der Waals surface area contributed by atoms with Crippen molar-refractivity contribution >= 4 is 117 Å². The van der Waals surface area contributed by atoms with Gasteiger partial charge in [0.2, 0.25) is 0 Å². The Labute approximate surface area is 491 Å². The zero-order chi connectivity index (χ0) is 57.4. The van der Waals surface area contributed by atoms with Gasteiger partial charge in [-0.15, -0.1) is 0 Å². The minimum Gasteiger partial charge on any atom is -0.451 e. The molecule has 0 saturated heterocycles. The molecular weight excluding hydrogens is 1060 g/mol. The van der Waals surface area contributed by atoms with Crippen molar-refractivity contribution in [3.63, 3.8) is 0 Å². The maximum atomic E-state index is 15.9. The first kappa shape index (κ1) is 48.9. The van der Waals surface area contributed by atoms with E-state index in [1.54, 1.807) is 12.1 Å². The van der Waals surface area contributed by atoms with E-state index in [0.717, 1.165) is 106 Å². The number of nitriles is 2. The van der Waals surface area contributed by atoms with E-state index in [1.807, 2.05) is 103 Å². The highest BCUT2D eigenvalue weighted by Crippen LogP contribution is 2.67. The molecule has 2 aromatic heterocycles. The van der Waals surface area contributed by atoms with Gasteiger partial charge in [0.25, 0.3) is 0 Å². The zero-order valence-corrected chi connectivity index (χ0v) is 45.6. The Balaban J connectivity index is 1.04. The van der Waals surface area contributed by atoms with Gasteiger partial charge in [-0.1, -0.05) is 152 Å². The topological polar surface area (TPSA) is 83.6 Å². The van der Waals surface area contributed by atoms with Gasteiger partial charge in [-0.3, -0.25) is 0 Å². The van der Waals surface area contributed by atoms with Crippen LogP contribution in [0.25, 0.3) is 76.5 Å². The third-order valence-corrected chi connectivity index (χ3v) is 17.6. The zero-order valence-electron chi connectivity index (χ0n) is 45.6. The molecule has 0 amide bonds. The van der Waals surface area contributed by atoms with Crippen molar-refractivity contribution in [2.24, 2.45) is 0 Å². The van der Waals surface area contributed by atoms with Crippen LogP contribution in [0.5, 0.6) is 0 Å². The molecule has 1 aliphatic carbocycles. The average molecular weight is 1110 g/mol. The Kier molecular flexibility index (Phi) is 10.6. The highest BCUT2D eigenvalue weighted by Gasteiger charge is 2.54. The molecule has 86 heavy (non-hydrogen) atoms. The number of furan rings is 2. The van der Waals surface area contributed by atoms with Gasteiger partial charge in [0, 0.05) is 49.4 Å². The lowest BCUT2D eigenvalue weighted by atomic mass is 9.64.